The second-order valence-corrected chi connectivity index (χ2v) is 15.1. The molecule has 0 spiro atoms. The highest BCUT2D eigenvalue weighted by molar-refractivity contribution is 7.92. The fourth-order valence-corrected chi connectivity index (χ4v) is 6.77. The molecular formula is C39H41N11O16S. The molecule has 67 heavy (non-hydrogen) atoms. The van der Waals surface area contributed by atoms with Gasteiger partial charge in [0.1, 0.15) is 18.9 Å². The van der Waals surface area contributed by atoms with Gasteiger partial charge >= 0.3 is 12.1 Å². The number of nitrogens with zero attached hydrogens (tertiary/aromatic N) is 10. The summed E-state index contributed by atoms with van der Waals surface area (Å²) in [5.41, 5.74) is 1.53. The highest BCUT2D eigenvalue weighted by Gasteiger charge is 2.35. The van der Waals surface area contributed by atoms with Gasteiger partial charge in [-0.15, -0.1) is 10.2 Å². The Morgan fingerprint density at radius 3 is 2.31 bits per heavy atom. The molecule has 0 aliphatic rings. The Hall–Kier alpha value is -7.54. The van der Waals surface area contributed by atoms with Crippen LogP contribution in [0.1, 0.15) is 34.3 Å². The molecule has 354 valence electrons. The molecule has 0 bridgehead atoms. The molecule has 0 unspecified atom stereocenters. The number of carbonyl (C=O) groups excluding carboxylic acids is 2. The molecule has 6 aromatic rings. The molecule has 0 aliphatic carbocycles. The molecule has 0 fully saturated rings. The summed E-state index contributed by atoms with van der Waals surface area (Å²) in [6, 6.07) is 18.0. The van der Waals surface area contributed by atoms with Gasteiger partial charge in [-0.05, 0) is 78.6 Å². The molecule has 0 atom stereocenters. The number of rotatable bonds is 24. The van der Waals surface area contributed by atoms with Crippen LogP contribution in [0.25, 0.3) is 22.9 Å². The number of esters is 1. The van der Waals surface area contributed by atoms with Crippen molar-refractivity contribution >= 4 is 28.0 Å². The number of nitrogens with one attached hydrogen (secondary N) is 1. The van der Waals surface area contributed by atoms with E-state index in [4.69, 9.17) is 49.3 Å². The third-order valence-electron chi connectivity index (χ3n) is 8.69. The summed E-state index contributed by atoms with van der Waals surface area (Å²) in [6.07, 6.45) is 1.80. The predicted molar refractivity (Wildman–Crippen MR) is 220 cm³/mol. The first kappa shape index (κ1) is 48.9. The first-order chi connectivity index (χ1) is 32.3. The number of unbranched alkanes of at least 4 members (excludes halogenated alkanes) is 1. The molecule has 4 aromatic heterocycles. The molecular weight excluding hydrogens is 911 g/mol. The van der Waals surface area contributed by atoms with Gasteiger partial charge in [0.05, 0.1) is 43.3 Å². The number of ether oxygens (including phenoxy) is 6. The fourth-order valence-electron chi connectivity index (χ4n) is 5.58. The fraction of sp³-hybridized carbons (Fsp3) is 0.256. The Morgan fingerprint density at radius 2 is 1.58 bits per heavy atom. The van der Waals surface area contributed by atoms with Crippen molar-refractivity contribution in [3.63, 3.8) is 0 Å². The molecule has 0 saturated carbocycles. The van der Waals surface area contributed by atoms with E-state index in [9.17, 15) is 18.0 Å². The Morgan fingerprint density at radius 1 is 0.791 bits per heavy atom. The number of hydrogen-bond acceptors (Lipinski definition) is 25. The van der Waals surface area contributed by atoms with Crippen molar-refractivity contribution in [3.05, 3.63) is 102 Å². The number of hydrogen-bond donors (Lipinski definition) is 5. The SMILES string of the molecule is COc1ccccc1Oc1c(OCCOC(=O)c2cccc(CON(O)O)c2)nc(-c2ccnc(-c3nn[nH]n3)c2)nc1N(COC(=O)OCCCCON(O)O)S(=O)(=O)c1ccc(C)cn1. The number of aromatic nitrogens is 8. The number of methoxy groups -OCH3 is 1. The van der Waals surface area contributed by atoms with Crippen molar-refractivity contribution in [1.29, 1.82) is 0 Å². The van der Waals surface area contributed by atoms with Crippen molar-refractivity contribution in [2.45, 2.75) is 31.4 Å². The average Bonchev–Trinajstić information content (AvgIpc) is 3.87. The molecule has 0 aliphatic heterocycles. The van der Waals surface area contributed by atoms with Crippen molar-refractivity contribution in [2.24, 2.45) is 0 Å². The summed E-state index contributed by atoms with van der Waals surface area (Å²) in [5, 5.41) is 47.7. The zero-order chi connectivity index (χ0) is 47.8. The molecule has 0 amide bonds. The van der Waals surface area contributed by atoms with Crippen LogP contribution in [0.15, 0.2) is 90.2 Å². The number of para-hydroxylation sites is 2. The third kappa shape index (κ3) is 13.7. The van der Waals surface area contributed by atoms with Crippen LogP contribution in [0.5, 0.6) is 23.1 Å². The number of benzene rings is 2. The molecule has 5 N–H and O–H groups in total. The van der Waals surface area contributed by atoms with E-state index in [1.54, 1.807) is 31.2 Å². The van der Waals surface area contributed by atoms with E-state index >= 15 is 0 Å². The molecule has 6 rings (SSSR count). The molecule has 0 saturated heterocycles. The smallest absolute Gasteiger partial charge is 0.493 e. The summed E-state index contributed by atoms with van der Waals surface area (Å²) in [7, 11) is -3.50. The minimum atomic E-state index is -4.87. The van der Waals surface area contributed by atoms with Gasteiger partial charge < -0.3 is 28.4 Å². The van der Waals surface area contributed by atoms with E-state index in [1.165, 1.54) is 68.0 Å². The monoisotopic (exact) mass is 951 g/mol. The number of anilines is 1. The van der Waals surface area contributed by atoms with E-state index in [0.29, 0.717) is 15.4 Å². The van der Waals surface area contributed by atoms with Crippen LogP contribution in [-0.2, 0) is 40.5 Å². The van der Waals surface area contributed by atoms with E-state index < -0.39 is 75.3 Å². The van der Waals surface area contributed by atoms with Gasteiger partial charge in [-0.25, -0.2) is 28.7 Å². The highest BCUT2D eigenvalue weighted by Crippen LogP contribution is 2.44. The largest absolute Gasteiger partial charge is 0.510 e. The van der Waals surface area contributed by atoms with Crippen LogP contribution in [0.4, 0.5) is 10.6 Å². The van der Waals surface area contributed by atoms with Gasteiger partial charge in [0, 0.05) is 18.0 Å². The van der Waals surface area contributed by atoms with Gasteiger partial charge in [-0.1, -0.05) is 30.3 Å². The number of pyridine rings is 2. The lowest BCUT2D eigenvalue weighted by Crippen LogP contribution is -2.36. The number of aryl methyl sites for hydroxylation is 1. The topological polar surface area (TPSA) is 339 Å². The second kappa shape index (κ2) is 23.6. The summed E-state index contributed by atoms with van der Waals surface area (Å²) in [5.74, 6) is -2.13. The first-order valence-corrected chi connectivity index (χ1v) is 20.9. The zero-order valence-corrected chi connectivity index (χ0v) is 36.1. The number of sulfonamides is 1. The summed E-state index contributed by atoms with van der Waals surface area (Å²) >= 11 is 0. The molecule has 27 nitrogen and oxygen atoms in total. The van der Waals surface area contributed by atoms with Crippen molar-refractivity contribution in [1.82, 2.24) is 51.3 Å². The normalized spacial score (nSPS) is 11.3. The van der Waals surface area contributed by atoms with E-state index in [1.807, 2.05) is 0 Å². The summed E-state index contributed by atoms with van der Waals surface area (Å²) in [4.78, 5) is 52.9. The maximum Gasteiger partial charge on any atom is 0.510 e. The standard InChI is InChI=1S/C39H41N11O16S/c1-25-12-13-32(41-22-25)67(57,58)48(24-63-39(52)62-16-5-6-17-64-49(53)54)36-33(66-31-11-4-3-10-30(31)59-2)37(43-34(42-36)27-14-15-40-29(21-27)35-44-46-47-45-35)60-18-19-61-38(51)28-9-7-8-26(20-28)23-65-50(55)56/h3-4,7-15,20-22,53-56H,5-6,16-19,23-24H2,1-2H3,(H,44,45,46,47). The average molecular weight is 952 g/mol. The van der Waals surface area contributed by atoms with Gasteiger partial charge in [0.2, 0.25) is 11.6 Å². The molecule has 2 aromatic carbocycles. The van der Waals surface area contributed by atoms with Crippen LogP contribution in [0.2, 0.25) is 0 Å². The lowest BCUT2D eigenvalue weighted by Gasteiger charge is -2.26. The zero-order valence-electron chi connectivity index (χ0n) is 35.3. The van der Waals surface area contributed by atoms with E-state index in [2.05, 4.69) is 50.2 Å². The Labute approximate surface area is 379 Å². The number of carbonyl (C=O) groups is 2. The third-order valence-corrected chi connectivity index (χ3v) is 10.3. The minimum absolute atomic E-state index is 0.0252. The first-order valence-electron chi connectivity index (χ1n) is 19.5. The Kier molecular flexibility index (Phi) is 17.2. The number of H-pyrrole nitrogens is 1. The van der Waals surface area contributed by atoms with Crippen molar-refractivity contribution in [3.8, 4) is 46.0 Å². The molecule has 0 radical (unpaired) electrons. The van der Waals surface area contributed by atoms with Crippen LogP contribution in [0.3, 0.4) is 0 Å². The van der Waals surface area contributed by atoms with E-state index in [-0.39, 0.29) is 72.6 Å². The maximum absolute atomic E-state index is 14.8. The highest BCUT2D eigenvalue weighted by atomic mass is 32.2. The van der Waals surface area contributed by atoms with E-state index in [0.717, 1.165) is 0 Å². The number of aromatic amines is 1. The lowest BCUT2D eigenvalue weighted by atomic mass is 10.1. The van der Waals surface area contributed by atoms with Crippen LogP contribution < -0.4 is 18.5 Å². The van der Waals surface area contributed by atoms with Crippen LogP contribution >= 0.6 is 0 Å². The molecule has 4 heterocycles. The van der Waals surface area contributed by atoms with Gasteiger partial charge in [-0.2, -0.15) is 18.6 Å². The lowest BCUT2D eigenvalue weighted by molar-refractivity contribution is -0.497. The predicted octanol–water partition coefficient (Wildman–Crippen LogP) is 4.07. The maximum atomic E-state index is 14.8. The van der Waals surface area contributed by atoms with Crippen LogP contribution in [0, 0.1) is 6.92 Å². The second-order valence-electron chi connectivity index (χ2n) is 13.3. The van der Waals surface area contributed by atoms with Crippen LogP contribution in [-0.4, -0.2) is 133 Å². The number of tetrazole rings is 1. The van der Waals surface area contributed by atoms with Crippen molar-refractivity contribution in [2.75, 3.05) is 44.6 Å². The quantitative estimate of drug-likeness (QED) is 0.0247. The summed E-state index contributed by atoms with van der Waals surface area (Å²) < 4.78 is 64.1. The van der Waals surface area contributed by atoms with Gasteiger partial charge in [-0.3, -0.25) is 30.7 Å². The van der Waals surface area contributed by atoms with Crippen molar-refractivity contribution < 1.29 is 76.9 Å². The summed E-state index contributed by atoms with van der Waals surface area (Å²) in [6.45, 7) is -0.878. The molecule has 28 heteroatoms. The van der Waals surface area contributed by atoms with Gasteiger partial charge in [0.15, 0.2) is 34.9 Å². The minimum Gasteiger partial charge on any atom is -0.493 e. The Bertz CT molecular complexity index is 2680. The Balaban J connectivity index is 1.42. The van der Waals surface area contributed by atoms with Gasteiger partial charge in [0.25, 0.3) is 15.9 Å².